The highest BCUT2D eigenvalue weighted by molar-refractivity contribution is 6.35. The highest BCUT2D eigenvalue weighted by Crippen LogP contribution is 2.43. The second kappa shape index (κ2) is 3.83. The van der Waals surface area contributed by atoms with Crippen LogP contribution in [0.15, 0.2) is 30.3 Å². The van der Waals surface area contributed by atoms with Crippen LogP contribution in [0.5, 0.6) is 0 Å². The SMILES string of the molecule is COC(=O)[C@]1(Cl)O[C@@H]1Cc1ccccc1. The average molecular weight is 227 g/mol. The number of rotatable bonds is 3. The first-order chi connectivity index (χ1) is 7.16. The van der Waals surface area contributed by atoms with Gasteiger partial charge >= 0.3 is 5.97 Å². The van der Waals surface area contributed by atoms with Crippen molar-refractivity contribution < 1.29 is 14.3 Å². The number of esters is 1. The molecule has 4 heteroatoms. The van der Waals surface area contributed by atoms with E-state index < -0.39 is 11.0 Å². The van der Waals surface area contributed by atoms with Gasteiger partial charge < -0.3 is 9.47 Å². The standard InChI is InChI=1S/C11H11ClO3/c1-14-10(13)11(12)9(15-11)7-8-5-3-2-4-6-8/h2-6,9H,7H2,1H3/t9-,11-/m1/s1. The number of benzene rings is 1. The van der Waals surface area contributed by atoms with Crippen LogP contribution >= 0.6 is 11.6 Å². The van der Waals surface area contributed by atoms with Crippen molar-refractivity contribution in [2.75, 3.05) is 7.11 Å². The Morgan fingerprint density at radius 2 is 2.20 bits per heavy atom. The molecule has 0 aliphatic carbocycles. The number of carbonyl (C=O) groups is 1. The van der Waals surface area contributed by atoms with Crippen LogP contribution in [-0.4, -0.2) is 24.2 Å². The van der Waals surface area contributed by atoms with E-state index in [0.717, 1.165) is 5.56 Å². The van der Waals surface area contributed by atoms with E-state index in [2.05, 4.69) is 4.74 Å². The number of hydrogen-bond donors (Lipinski definition) is 0. The highest BCUT2D eigenvalue weighted by atomic mass is 35.5. The minimum Gasteiger partial charge on any atom is -0.466 e. The molecule has 1 aromatic carbocycles. The van der Waals surface area contributed by atoms with E-state index in [0.29, 0.717) is 6.42 Å². The number of ether oxygens (including phenoxy) is 2. The van der Waals surface area contributed by atoms with Crippen molar-refractivity contribution in [3.63, 3.8) is 0 Å². The molecule has 0 aromatic heterocycles. The zero-order valence-corrected chi connectivity index (χ0v) is 9.03. The van der Waals surface area contributed by atoms with Crippen LogP contribution < -0.4 is 0 Å². The fourth-order valence-electron chi connectivity index (χ4n) is 1.49. The summed E-state index contributed by atoms with van der Waals surface area (Å²) in [6.45, 7) is 0. The summed E-state index contributed by atoms with van der Waals surface area (Å²) in [4.78, 5) is 11.2. The molecule has 0 unspecified atom stereocenters. The van der Waals surface area contributed by atoms with Gasteiger partial charge in [-0.3, -0.25) is 0 Å². The number of alkyl halides is 1. The Labute approximate surface area is 92.9 Å². The first-order valence-corrected chi connectivity index (χ1v) is 5.03. The molecule has 0 saturated carbocycles. The van der Waals surface area contributed by atoms with Gasteiger partial charge in [0.05, 0.1) is 7.11 Å². The van der Waals surface area contributed by atoms with Crippen LogP contribution in [0.1, 0.15) is 5.56 Å². The van der Waals surface area contributed by atoms with Crippen molar-refractivity contribution in [1.29, 1.82) is 0 Å². The molecule has 80 valence electrons. The number of halogens is 1. The smallest absolute Gasteiger partial charge is 0.356 e. The van der Waals surface area contributed by atoms with Gasteiger partial charge in [-0.1, -0.05) is 41.9 Å². The minimum atomic E-state index is -1.26. The summed E-state index contributed by atoms with van der Waals surface area (Å²) in [7, 11) is 1.30. The molecule has 2 rings (SSSR count). The van der Waals surface area contributed by atoms with Gasteiger partial charge in [0.1, 0.15) is 6.10 Å². The topological polar surface area (TPSA) is 38.8 Å². The lowest BCUT2D eigenvalue weighted by atomic mass is 10.1. The molecule has 2 atom stereocenters. The van der Waals surface area contributed by atoms with E-state index in [-0.39, 0.29) is 6.10 Å². The van der Waals surface area contributed by atoms with Gasteiger partial charge in [-0.05, 0) is 5.56 Å². The quantitative estimate of drug-likeness (QED) is 0.448. The summed E-state index contributed by atoms with van der Waals surface area (Å²) < 4.78 is 9.70. The Hall–Kier alpha value is -1.06. The van der Waals surface area contributed by atoms with Crippen molar-refractivity contribution >= 4 is 17.6 Å². The number of hydrogen-bond acceptors (Lipinski definition) is 3. The molecule has 1 aliphatic rings. The predicted octanol–water partition coefficient (Wildman–Crippen LogP) is 1.74. The zero-order valence-electron chi connectivity index (χ0n) is 8.27. The molecule has 1 heterocycles. The van der Waals surface area contributed by atoms with Crippen molar-refractivity contribution in [2.24, 2.45) is 0 Å². The fourth-order valence-corrected chi connectivity index (χ4v) is 1.75. The molecular weight excluding hydrogens is 216 g/mol. The summed E-state index contributed by atoms with van der Waals surface area (Å²) in [5, 5.41) is -1.26. The van der Waals surface area contributed by atoms with Crippen molar-refractivity contribution in [3.05, 3.63) is 35.9 Å². The summed E-state index contributed by atoms with van der Waals surface area (Å²) in [5.74, 6) is -0.523. The molecule has 0 N–H and O–H groups in total. The number of methoxy groups -OCH3 is 1. The number of epoxide rings is 1. The van der Waals surface area contributed by atoms with E-state index in [4.69, 9.17) is 16.3 Å². The maximum atomic E-state index is 11.2. The molecule has 15 heavy (non-hydrogen) atoms. The Bertz CT molecular complexity index is 365. The van der Waals surface area contributed by atoms with Gasteiger partial charge in [0.15, 0.2) is 0 Å². The van der Waals surface area contributed by atoms with Crippen LogP contribution in [0.4, 0.5) is 0 Å². The van der Waals surface area contributed by atoms with Crippen LogP contribution in [0, 0.1) is 0 Å². The molecule has 0 bridgehead atoms. The zero-order chi connectivity index (χ0) is 10.9. The third-order valence-electron chi connectivity index (χ3n) is 2.40. The molecule has 0 radical (unpaired) electrons. The van der Waals surface area contributed by atoms with Gasteiger partial charge in [-0.25, -0.2) is 4.79 Å². The first-order valence-electron chi connectivity index (χ1n) is 4.66. The Morgan fingerprint density at radius 3 is 2.80 bits per heavy atom. The van der Waals surface area contributed by atoms with Gasteiger partial charge in [-0.15, -0.1) is 0 Å². The van der Waals surface area contributed by atoms with Crippen molar-refractivity contribution in [3.8, 4) is 0 Å². The summed E-state index contributed by atoms with van der Waals surface area (Å²) in [5.41, 5.74) is 1.09. The van der Waals surface area contributed by atoms with E-state index in [1.807, 2.05) is 30.3 Å². The molecular formula is C11H11ClO3. The Balaban J connectivity index is 1.98. The van der Waals surface area contributed by atoms with E-state index in [9.17, 15) is 4.79 Å². The first kappa shape index (κ1) is 10.5. The largest absolute Gasteiger partial charge is 0.466 e. The maximum Gasteiger partial charge on any atom is 0.356 e. The lowest BCUT2D eigenvalue weighted by Crippen LogP contribution is -2.23. The average Bonchev–Trinajstić information content (AvgIpc) is 2.91. The summed E-state index contributed by atoms with van der Waals surface area (Å²) in [6, 6.07) is 9.75. The van der Waals surface area contributed by atoms with E-state index in [1.54, 1.807) is 0 Å². The normalized spacial score (nSPS) is 28.5. The number of carbonyl (C=O) groups excluding carboxylic acids is 1. The minimum absolute atomic E-state index is 0.283. The van der Waals surface area contributed by atoms with Crippen LogP contribution in [-0.2, 0) is 20.7 Å². The van der Waals surface area contributed by atoms with Crippen LogP contribution in [0.2, 0.25) is 0 Å². The monoisotopic (exact) mass is 226 g/mol. The summed E-state index contributed by atoms with van der Waals surface area (Å²) >= 11 is 5.91. The van der Waals surface area contributed by atoms with Crippen molar-refractivity contribution in [2.45, 2.75) is 17.6 Å². The van der Waals surface area contributed by atoms with Gasteiger partial charge in [0.2, 0.25) is 0 Å². The molecule has 1 saturated heterocycles. The van der Waals surface area contributed by atoms with E-state index >= 15 is 0 Å². The van der Waals surface area contributed by atoms with Crippen LogP contribution in [0.3, 0.4) is 0 Å². The molecule has 0 spiro atoms. The van der Waals surface area contributed by atoms with E-state index in [1.165, 1.54) is 7.11 Å². The van der Waals surface area contributed by atoms with Gasteiger partial charge in [0.25, 0.3) is 5.06 Å². The molecule has 1 aliphatic heterocycles. The molecule has 0 amide bonds. The van der Waals surface area contributed by atoms with Gasteiger partial charge in [0, 0.05) is 6.42 Å². The van der Waals surface area contributed by atoms with Gasteiger partial charge in [-0.2, -0.15) is 0 Å². The molecule has 1 fully saturated rings. The molecule has 1 aromatic rings. The second-order valence-corrected chi connectivity index (χ2v) is 3.99. The lowest BCUT2D eigenvalue weighted by Gasteiger charge is -2.01. The maximum absolute atomic E-state index is 11.2. The highest BCUT2D eigenvalue weighted by Gasteiger charge is 2.62. The Kier molecular flexibility index (Phi) is 2.67. The molecule has 3 nitrogen and oxygen atoms in total. The van der Waals surface area contributed by atoms with Crippen LogP contribution in [0.25, 0.3) is 0 Å². The lowest BCUT2D eigenvalue weighted by molar-refractivity contribution is -0.143. The predicted molar refractivity (Wildman–Crippen MR) is 55.6 cm³/mol. The van der Waals surface area contributed by atoms with Crippen molar-refractivity contribution in [1.82, 2.24) is 0 Å². The summed E-state index contributed by atoms with van der Waals surface area (Å²) in [6.07, 6.45) is 0.341. The second-order valence-electron chi connectivity index (χ2n) is 3.43. The third-order valence-corrected chi connectivity index (χ3v) is 2.89. The third kappa shape index (κ3) is 1.98. The Morgan fingerprint density at radius 1 is 1.53 bits per heavy atom. The fraction of sp³-hybridized carbons (Fsp3) is 0.364.